The van der Waals surface area contributed by atoms with Gasteiger partial charge in [0, 0.05) is 22.1 Å². The Morgan fingerprint density at radius 3 is 2.62 bits per heavy atom. The minimum atomic E-state index is 0.0697. The van der Waals surface area contributed by atoms with Crippen molar-refractivity contribution in [3.05, 3.63) is 27.2 Å². The summed E-state index contributed by atoms with van der Waals surface area (Å²) < 4.78 is 0.679. The SMILES string of the molecule is CN(O)Cc1c(O)cc(Cl)cc1Br. The second-order valence-corrected chi connectivity index (χ2v) is 3.99. The lowest BCUT2D eigenvalue weighted by molar-refractivity contribution is -0.0737. The van der Waals surface area contributed by atoms with Crippen LogP contribution in [-0.4, -0.2) is 22.4 Å². The highest BCUT2D eigenvalue weighted by Crippen LogP contribution is 2.30. The number of hydrogen-bond acceptors (Lipinski definition) is 3. The Labute approximate surface area is 89.6 Å². The van der Waals surface area contributed by atoms with Gasteiger partial charge in [-0.1, -0.05) is 27.5 Å². The smallest absolute Gasteiger partial charge is 0.122 e. The highest BCUT2D eigenvalue weighted by molar-refractivity contribution is 9.10. The minimum Gasteiger partial charge on any atom is -0.508 e. The maximum absolute atomic E-state index is 9.47. The monoisotopic (exact) mass is 265 g/mol. The molecule has 0 aromatic heterocycles. The first-order chi connectivity index (χ1) is 6.00. The summed E-state index contributed by atoms with van der Waals surface area (Å²) in [4.78, 5) is 0. The molecule has 0 aliphatic rings. The quantitative estimate of drug-likeness (QED) is 0.809. The van der Waals surface area contributed by atoms with Crippen LogP contribution in [0, 0.1) is 0 Å². The summed E-state index contributed by atoms with van der Waals surface area (Å²) in [5, 5.41) is 19.9. The zero-order valence-electron chi connectivity index (χ0n) is 6.96. The summed E-state index contributed by atoms with van der Waals surface area (Å²) in [5.41, 5.74) is 0.606. The number of aromatic hydroxyl groups is 1. The van der Waals surface area contributed by atoms with Crippen LogP contribution < -0.4 is 0 Å². The molecule has 2 N–H and O–H groups in total. The summed E-state index contributed by atoms with van der Waals surface area (Å²) in [5.74, 6) is 0.0697. The first kappa shape index (κ1) is 10.8. The molecule has 1 rings (SSSR count). The number of hydroxylamine groups is 2. The van der Waals surface area contributed by atoms with E-state index in [2.05, 4.69) is 15.9 Å². The number of hydrogen-bond donors (Lipinski definition) is 2. The van der Waals surface area contributed by atoms with Gasteiger partial charge in [0.15, 0.2) is 0 Å². The third kappa shape index (κ3) is 2.84. The number of halogens is 2. The number of phenolic OH excluding ortho intramolecular Hbond substituents is 1. The Bertz CT molecular complexity index is 294. The summed E-state index contributed by atoms with van der Waals surface area (Å²) in [7, 11) is 1.50. The van der Waals surface area contributed by atoms with Crippen molar-refractivity contribution in [3.8, 4) is 5.75 Å². The zero-order chi connectivity index (χ0) is 10.0. The molecule has 0 aliphatic carbocycles. The molecule has 5 heteroatoms. The molecular weight excluding hydrogens is 257 g/mol. The minimum absolute atomic E-state index is 0.0697. The lowest BCUT2D eigenvalue weighted by atomic mass is 10.2. The molecule has 0 unspecified atom stereocenters. The van der Waals surface area contributed by atoms with Crippen LogP contribution in [0.1, 0.15) is 5.56 Å². The molecule has 1 aromatic rings. The van der Waals surface area contributed by atoms with E-state index in [1.807, 2.05) is 0 Å². The molecule has 0 saturated heterocycles. The van der Waals surface area contributed by atoms with Crippen LogP contribution in [0.5, 0.6) is 5.75 Å². The van der Waals surface area contributed by atoms with Gasteiger partial charge in [0.25, 0.3) is 0 Å². The highest BCUT2D eigenvalue weighted by atomic mass is 79.9. The molecule has 0 radical (unpaired) electrons. The molecule has 0 bridgehead atoms. The van der Waals surface area contributed by atoms with Gasteiger partial charge in [-0.05, 0) is 12.1 Å². The Kier molecular flexibility index (Phi) is 3.55. The van der Waals surface area contributed by atoms with Gasteiger partial charge in [0.1, 0.15) is 5.75 Å². The van der Waals surface area contributed by atoms with E-state index in [4.69, 9.17) is 16.8 Å². The van der Waals surface area contributed by atoms with E-state index in [9.17, 15) is 5.11 Å². The number of rotatable bonds is 2. The van der Waals surface area contributed by atoms with Crippen LogP contribution in [0.3, 0.4) is 0 Å². The van der Waals surface area contributed by atoms with Crippen molar-refractivity contribution in [1.82, 2.24) is 5.06 Å². The van der Waals surface area contributed by atoms with Crippen molar-refractivity contribution in [2.24, 2.45) is 0 Å². The summed E-state index contributed by atoms with van der Waals surface area (Å²) >= 11 is 8.94. The average Bonchev–Trinajstić information content (AvgIpc) is 1.96. The molecule has 3 nitrogen and oxygen atoms in total. The Hall–Kier alpha value is -0.290. The van der Waals surface area contributed by atoms with Gasteiger partial charge in [-0.15, -0.1) is 0 Å². The molecule has 13 heavy (non-hydrogen) atoms. The second kappa shape index (κ2) is 4.28. The first-order valence-electron chi connectivity index (χ1n) is 3.57. The van der Waals surface area contributed by atoms with Crippen molar-refractivity contribution in [3.63, 3.8) is 0 Å². The van der Waals surface area contributed by atoms with Crippen molar-refractivity contribution >= 4 is 27.5 Å². The summed E-state index contributed by atoms with van der Waals surface area (Å²) in [6, 6.07) is 3.10. The molecule has 72 valence electrons. The maximum Gasteiger partial charge on any atom is 0.122 e. The largest absolute Gasteiger partial charge is 0.508 e. The van der Waals surface area contributed by atoms with Crippen LogP contribution >= 0.6 is 27.5 Å². The summed E-state index contributed by atoms with van der Waals surface area (Å²) in [6.07, 6.45) is 0. The fourth-order valence-electron chi connectivity index (χ4n) is 0.975. The van der Waals surface area contributed by atoms with Gasteiger partial charge in [0.2, 0.25) is 0 Å². The second-order valence-electron chi connectivity index (χ2n) is 2.70. The fourth-order valence-corrected chi connectivity index (χ4v) is 1.89. The van der Waals surface area contributed by atoms with Gasteiger partial charge in [-0.25, -0.2) is 0 Å². The van der Waals surface area contributed by atoms with Crippen LogP contribution in [-0.2, 0) is 6.54 Å². The van der Waals surface area contributed by atoms with Gasteiger partial charge < -0.3 is 10.3 Å². The van der Waals surface area contributed by atoms with E-state index in [0.29, 0.717) is 15.1 Å². The van der Waals surface area contributed by atoms with E-state index < -0.39 is 0 Å². The van der Waals surface area contributed by atoms with Gasteiger partial charge in [-0.2, -0.15) is 5.06 Å². The van der Waals surface area contributed by atoms with Crippen molar-refractivity contribution < 1.29 is 10.3 Å². The van der Waals surface area contributed by atoms with E-state index in [1.54, 1.807) is 6.07 Å². The standard InChI is InChI=1S/C8H9BrClNO2/c1-11(13)4-6-7(9)2-5(10)3-8(6)12/h2-3,12-13H,4H2,1H3. The van der Waals surface area contributed by atoms with E-state index in [1.165, 1.54) is 13.1 Å². The Balaban J connectivity index is 3.06. The lowest BCUT2D eigenvalue weighted by Gasteiger charge is -2.11. The van der Waals surface area contributed by atoms with Crippen LogP contribution in [0.25, 0.3) is 0 Å². The third-order valence-corrected chi connectivity index (χ3v) is 2.45. The van der Waals surface area contributed by atoms with Crippen molar-refractivity contribution in [2.75, 3.05) is 7.05 Å². The fraction of sp³-hybridized carbons (Fsp3) is 0.250. The molecule has 1 aromatic carbocycles. The van der Waals surface area contributed by atoms with Crippen LogP contribution in [0.4, 0.5) is 0 Å². The highest BCUT2D eigenvalue weighted by Gasteiger charge is 2.09. The van der Waals surface area contributed by atoms with Crippen molar-refractivity contribution in [2.45, 2.75) is 6.54 Å². The van der Waals surface area contributed by atoms with Crippen LogP contribution in [0.2, 0.25) is 5.02 Å². The van der Waals surface area contributed by atoms with E-state index in [-0.39, 0.29) is 12.3 Å². The normalized spacial score (nSPS) is 10.8. The molecular formula is C8H9BrClNO2. The maximum atomic E-state index is 9.47. The van der Waals surface area contributed by atoms with E-state index >= 15 is 0 Å². The predicted octanol–water partition coefficient (Wildman–Crippen LogP) is 2.63. The molecule has 0 saturated carbocycles. The number of benzene rings is 1. The molecule has 0 heterocycles. The van der Waals surface area contributed by atoms with Crippen LogP contribution in [0.15, 0.2) is 16.6 Å². The number of phenols is 1. The lowest BCUT2D eigenvalue weighted by Crippen LogP contribution is -2.12. The predicted molar refractivity (Wildman–Crippen MR) is 54.1 cm³/mol. The topological polar surface area (TPSA) is 43.7 Å². The summed E-state index contributed by atoms with van der Waals surface area (Å²) in [6.45, 7) is 0.240. The van der Waals surface area contributed by atoms with Gasteiger partial charge in [-0.3, -0.25) is 0 Å². The van der Waals surface area contributed by atoms with E-state index in [0.717, 1.165) is 5.06 Å². The Morgan fingerprint density at radius 1 is 1.54 bits per heavy atom. The van der Waals surface area contributed by atoms with Gasteiger partial charge >= 0.3 is 0 Å². The first-order valence-corrected chi connectivity index (χ1v) is 4.74. The van der Waals surface area contributed by atoms with Gasteiger partial charge in [0.05, 0.1) is 6.54 Å². The number of nitrogens with zero attached hydrogens (tertiary/aromatic N) is 1. The molecule has 0 fully saturated rings. The molecule has 0 spiro atoms. The molecule has 0 amide bonds. The Morgan fingerprint density at radius 2 is 2.15 bits per heavy atom. The average molecular weight is 267 g/mol. The zero-order valence-corrected chi connectivity index (χ0v) is 9.30. The molecule has 0 atom stereocenters. The van der Waals surface area contributed by atoms with Crippen molar-refractivity contribution in [1.29, 1.82) is 0 Å². The molecule has 0 aliphatic heterocycles. The third-order valence-electron chi connectivity index (χ3n) is 1.52.